The molecule has 96 valence electrons. The predicted octanol–water partition coefficient (Wildman–Crippen LogP) is -1.42. The summed E-state index contributed by atoms with van der Waals surface area (Å²) in [5.41, 5.74) is 4.65. The standard InChI is InChI=1S/C11H19N3O3/c1-11(3-2-4-13-11)10(17)14-6-7(15)5-8(14)9(12)16/h7-8,13,15H,2-6H2,1H3,(H2,12,16). The summed E-state index contributed by atoms with van der Waals surface area (Å²) in [6.45, 7) is 2.84. The van der Waals surface area contributed by atoms with E-state index < -0.39 is 23.6 Å². The van der Waals surface area contributed by atoms with Gasteiger partial charge in [-0.15, -0.1) is 0 Å². The maximum Gasteiger partial charge on any atom is 0.243 e. The average molecular weight is 241 g/mol. The normalized spacial score (nSPS) is 37.4. The largest absolute Gasteiger partial charge is 0.391 e. The number of hydrogen-bond acceptors (Lipinski definition) is 4. The zero-order chi connectivity index (χ0) is 12.6. The highest BCUT2D eigenvalue weighted by Crippen LogP contribution is 2.26. The molecule has 2 heterocycles. The number of nitrogens with two attached hydrogens (primary N) is 1. The van der Waals surface area contributed by atoms with Gasteiger partial charge in [-0.25, -0.2) is 0 Å². The Morgan fingerprint density at radius 3 is 2.76 bits per heavy atom. The Morgan fingerprint density at radius 1 is 1.53 bits per heavy atom. The van der Waals surface area contributed by atoms with Crippen molar-refractivity contribution in [3.63, 3.8) is 0 Å². The molecule has 2 rings (SSSR count). The number of rotatable bonds is 2. The molecule has 0 saturated carbocycles. The van der Waals surface area contributed by atoms with E-state index in [-0.39, 0.29) is 18.9 Å². The van der Waals surface area contributed by atoms with Crippen molar-refractivity contribution in [2.75, 3.05) is 13.1 Å². The average Bonchev–Trinajstić information content (AvgIpc) is 2.84. The van der Waals surface area contributed by atoms with Crippen molar-refractivity contribution in [3.8, 4) is 0 Å². The lowest BCUT2D eigenvalue weighted by atomic mass is 9.98. The van der Waals surface area contributed by atoms with E-state index in [4.69, 9.17) is 5.73 Å². The third-order valence-corrected chi connectivity index (χ3v) is 3.71. The molecule has 2 aliphatic rings. The molecule has 0 aromatic heterocycles. The molecule has 2 saturated heterocycles. The van der Waals surface area contributed by atoms with E-state index in [0.717, 1.165) is 19.4 Å². The highest BCUT2D eigenvalue weighted by molar-refractivity contribution is 5.92. The van der Waals surface area contributed by atoms with Gasteiger partial charge >= 0.3 is 0 Å². The number of nitrogens with zero attached hydrogens (tertiary/aromatic N) is 1. The smallest absolute Gasteiger partial charge is 0.243 e. The Bertz CT molecular complexity index is 339. The van der Waals surface area contributed by atoms with Gasteiger partial charge in [0.15, 0.2) is 0 Å². The van der Waals surface area contributed by atoms with Crippen LogP contribution in [-0.2, 0) is 9.59 Å². The van der Waals surface area contributed by atoms with Gasteiger partial charge in [0, 0.05) is 13.0 Å². The van der Waals surface area contributed by atoms with E-state index in [2.05, 4.69) is 5.32 Å². The van der Waals surface area contributed by atoms with Gasteiger partial charge in [0.2, 0.25) is 11.8 Å². The van der Waals surface area contributed by atoms with E-state index >= 15 is 0 Å². The molecule has 2 amide bonds. The lowest BCUT2D eigenvalue weighted by molar-refractivity contribution is -0.142. The predicted molar refractivity (Wildman–Crippen MR) is 61.0 cm³/mol. The van der Waals surface area contributed by atoms with Crippen LogP contribution in [0.5, 0.6) is 0 Å². The Hall–Kier alpha value is -1.14. The summed E-state index contributed by atoms with van der Waals surface area (Å²) < 4.78 is 0. The van der Waals surface area contributed by atoms with Gasteiger partial charge in [0.1, 0.15) is 6.04 Å². The Balaban J connectivity index is 2.15. The minimum atomic E-state index is -0.670. The number of carbonyl (C=O) groups is 2. The number of aliphatic hydroxyl groups is 1. The highest BCUT2D eigenvalue weighted by Gasteiger charge is 2.45. The first-order valence-electron chi connectivity index (χ1n) is 5.97. The van der Waals surface area contributed by atoms with Crippen LogP contribution in [0, 0.1) is 0 Å². The molecule has 6 nitrogen and oxygen atoms in total. The van der Waals surface area contributed by atoms with Gasteiger partial charge in [-0.05, 0) is 26.3 Å². The van der Waals surface area contributed by atoms with Crippen molar-refractivity contribution in [1.29, 1.82) is 0 Å². The van der Waals surface area contributed by atoms with Gasteiger partial charge in [-0.3, -0.25) is 9.59 Å². The summed E-state index contributed by atoms with van der Waals surface area (Å²) in [6.07, 6.45) is 1.29. The van der Waals surface area contributed by atoms with Crippen molar-refractivity contribution >= 4 is 11.8 Å². The van der Waals surface area contributed by atoms with Crippen LogP contribution in [-0.4, -0.2) is 52.6 Å². The maximum absolute atomic E-state index is 12.4. The fourth-order valence-corrected chi connectivity index (χ4v) is 2.70. The van der Waals surface area contributed by atoms with E-state index in [1.54, 1.807) is 0 Å². The van der Waals surface area contributed by atoms with Crippen LogP contribution in [0.15, 0.2) is 0 Å². The molecule has 0 spiro atoms. The SMILES string of the molecule is CC1(C(=O)N2CC(O)CC2C(N)=O)CCCN1. The van der Waals surface area contributed by atoms with Gasteiger partial charge in [-0.2, -0.15) is 0 Å². The topological polar surface area (TPSA) is 95.7 Å². The molecule has 0 radical (unpaired) electrons. The van der Waals surface area contributed by atoms with Crippen LogP contribution in [0.2, 0.25) is 0 Å². The molecule has 2 aliphatic heterocycles. The molecule has 0 aliphatic carbocycles. The fraction of sp³-hybridized carbons (Fsp3) is 0.818. The van der Waals surface area contributed by atoms with Crippen molar-refractivity contribution < 1.29 is 14.7 Å². The number of amides is 2. The first-order chi connectivity index (χ1) is 7.94. The third kappa shape index (κ3) is 2.14. The second-order valence-electron chi connectivity index (χ2n) is 5.13. The molecule has 17 heavy (non-hydrogen) atoms. The zero-order valence-electron chi connectivity index (χ0n) is 9.98. The Labute approximate surface area is 100 Å². The van der Waals surface area contributed by atoms with Crippen molar-refractivity contribution in [1.82, 2.24) is 10.2 Å². The number of hydrogen-bond donors (Lipinski definition) is 3. The zero-order valence-corrected chi connectivity index (χ0v) is 9.98. The van der Waals surface area contributed by atoms with Crippen LogP contribution in [0.4, 0.5) is 0 Å². The minimum Gasteiger partial charge on any atom is -0.391 e. The molecule has 0 aromatic rings. The number of primary amides is 1. The first-order valence-corrected chi connectivity index (χ1v) is 5.97. The third-order valence-electron chi connectivity index (χ3n) is 3.71. The molecule has 3 atom stereocenters. The number of carbonyl (C=O) groups excluding carboxylic acids is 2. The van der Waals surface area contributed by atoms with Gasteiger partial charge in [0.25, 0.3) is 0 Å². The summed E-state index contributed by atoms with van der Waals surface area (Å²) in [7, 11) is 0. The monoisotopic (exact) mass is 241 g/mol. The number of nitrogens with one attached hydrogen (secondary N) is 1. The minimum absolute atomic E-state index is 0.129. The molecule has 2 fully saturated rings. The molecule has 0 aromatic carbocycles. The summed E-state index contributed by atoms with van der Waals surface area (Å²) in [5, 5.41) is 12.7. The van der Waals surface area contributed by atoms with Gasteiger partial charge in [-0.1, -0.05) is 0 Å². The molecule has 4 N–H and O–H groups in total. The van der Waals surface area contributed by atoms with Crippen LogP contribution in [0.25, 0.3) is 0 Å². The van der Waals surface area contributed by atoms with Crippen LogP contribution in [0.1, 0.15) is 26.2 Å². The van der Waals surface area contributed by atoms with Crippen molar-refractivity contribution in [2.45, 2.75) is 43.9 Å². The Kier molecular flexibility index (Phi) is 3.09. The molecular formula is C11H19N3O3. The number of aliphatic hydroxyl groups excluding tert-OH is 1. The second kappa shape index (κ2) is 4.27. The van der Waals surface area contributed by atoms with Crippen molar-refractivity contribution in [2.24, 2.45) is 5.73 Å². The van der Waals surface area contributed by atoms with Gasteiger partial charge < -0.3 is 21.1 Å². The molecular weight excluding hydrogens is 222 g/mol. The molecule has 0 bridgehead atoms. The van der Waals surface area contributed by atoms with E-state index in [9.17, 15) is 14.7 Å². The van der Waals surface area contributed by atoms with Crippen LogP contribution >= 0.6 is 0 Å². The highest BCUT2D eigenvalue weighted by atomic mass is 16.3. The van der Waals surface area contributed by atoms with E-state index in [1.165, 1.54) is 4.90 Å². The summed E-state index contributed by atoms with van der Waals surface area (Å²) in [5.74, 6) is -0.674. The quantitative estimate of drug-likeness (QED) is 0.552. The van der Waals surface area contributed by atoms with E-state index in [1.807, 2.05) is 6.92 Å². The summed E-state index contributed by atoms with van der Waals surface area (Å²) in [4.78, 5) is 25.1. The Morgan fingerprint density at radius 2 is 2.24 bits per heavy atom. The van der Waals surface area contributed by atoms with Gasteiger partial charge in [0.05, 0.1) is 11.6 Å². The lowest BCUT2D eigenvalue weighted by Gasteiger charge is -2.31. The lowest BCUT2D eigenvalue weighted by Crippen LogP contribution is -2.56. The second-order valence-corrected chi connectivity index (χ2v) is 5.13. The molecule has 6 heteroatoms. The van der Waals surface area contributed by atoms with Crippen LogP contribution < -0.4 is 11.1 Å². The number of likely N-dealkylation sites (tertiary alicyclic amines) is 1. The summed E-state index contributed by atoms with van der Waals surface area (Å²) in [6, 6.07) is -0.670. The van der Waals surface area contributed by atoms with Crippen LogP contribution in [0.3, 0.4) is 0 Å². The van der Waals surface area contributed by atoms with Crippen molar-refractivity contribution in [3.05, 3.63) is 0 Å². The molecule has 3 unspecified atom stereocenters. The fourth-order valence-electron chi connectivity index (χ4n) is 2.70. The first kappa shape index (κ1) is 12.3. The maximum atomic E-state index is 12.4. The number of β-amino-alcohol motifs (C(OH)–C–C–N with tert-alkyl or cyclic N) is 1. The summed E-state index contributed by atoms with van der Waals surface area (Å²) >= 11 is 0. The van der Waals surface area contributed by atoms with E-state index in [0.29, 0.717) is 0 Å².